The topological polar surface area (TPSA) is 77.5 Å². The highest BCUT2D eigenvalue weighted by Gasteiger charge is 2.15. The number of aromatic nitrogens is 2. The Balaban J connectivity index is 1.38. The highest BCUT2D eigenvalue weighted by atomic mass is 16.5. The van der Waals surface area contributed by atoms with Gasteiger partial charge in [0.25, 0.3) is 0 Å². The molecule has 0 spiro atoms. The number of benzene rings is 2. The van der Waals surface area contributed by atoms with Gasteiger partial charge in [-0.1, -0.05) is 12.1 Å². The third-order valence-corrected chi connectivity index (χ3v) is 6.39. The molecule has 1 aliphatic heterocycles. The summed E-state index contributed by atoms with van der Waals surface area (Å²) in [6.45, 7) is 6.22. The molecule has 1 saturated heterocycles. The zero-order valence-corrected chi connectivity index (χ0v) is 18.6. The lowest BCUT2D eigenvalue weighted by molar-refractivity contribution is 0.145. The maximum atomic E-state index is 7.51. The van der Waals surface area contributed by atoms with E-state index >= 15 is 0 Å². The van der Waals surface area contributed by atoms with E-state index in [2.05, 4.69) is 21.8 Å². The molecule has 2 N–H and O–H groups in total. The van der Waals surface area contributed by atoms with Crippen molar-refractivity contribution in [3.05, 3.63) is 42.1 Å². The number of hydrogen-bond acceptors (Lipinski definition) is 6. The Morgan fingerprint density at radius 2 is 1.91 bits per heavy atom. The van der Waals surface area contributed by atoms with Gasteiger partial charge in [-0.3, -0.25) is 4.98 Å². The molecule has 2 aromatic carbocycles. The lowest BCUT2D eigenvalue weighted by Crippen LogP contribution is -2.44. The molecule has 7 heteroatoms. The fourth-order valence-electron chi connectivity index (χ4n) is 4.48. The van der Waals surface area contributed by atoms with Gasteiger partial charge in [0.05, 0.1) is 24.8 Å². The molecular formula is C25H29N5O2. The van der Waals surface area contributed by atoms with Crippen molar-refractivity contribution in [2.75, 3.05) is 53.5 Å². The van der Waals surface area contributed by atoms with E-state index in [0.29, 0.717) is 12.4 Å². The molecule has 0 saturated carbocycles. The van der Waals surface area contributed by atoms with E-state index in [1.165, 1.54) is 6.21 Å². The fraction of sp³-hybridized carbons (Fsp3) is 0.360. The molecule has 4 aromatic rings. The summed E-state index contributed by atoms with van der Waals surface area (Å²) in [7, 11) is 3.85. The summed E-state index contributed by atoms with van der Waals surface area (Å²) in [4.78, 5) is 13.1. The molecule has 5 rings (SSSR count). The normalized spacial score (nSPS) is 15.6. The van der Waals surface area contributed by atoms with Gasteiger partial charge in [-0.2, -0.15) is 0 Å². The monoisotopic (exact) mass is 431 g/mol. The van der Waals surface area contributed by atoms with E-state index in [0.717, 1.165) is 83.2 Å². The third-order valence-electron chi connectivity index (χ3n) is 6.39. The Labute approximate surface area is 187 Å². The van der Waals surface area contributed by atoms with Crippen LogP contribution in [0.3, 0.4) is 0 Å². The Kier molecular flexibility index (Phi) is 5.68. The second-order valence-corrected chi connectivity index (χ2v) is 8.49. The second-order valence-electron chi connectivity index (χ2n) is 8.49. The van der Waals surface area contributed by atoms with Crippen molar-refractivity contribution < 1.29 is 9.47 Å². The number of fused-ring (bicyclic) bond motifs is 5. The van der Waals surface area contributed by atoms with E-state index in [4.69, 9.17) is 19.9 Å². The van der Waals surface area contributed by atoms with Gasteiger partial charge in [-0.25, -0.2) is 0 Å². The van der Waals surface area contributed by atoms with Gasteiger partial charge in [0, 0.05) is 72.9 Å². The largest absolute Gasteiger partial charge is 0.493 e. The van der Waals surface area contributed by atoms with Crippen molar-refractivity contribution in [1.82, 2.24) is 19.8 Å². The molecule has 0 unspecified atom stereocenters. The summed E-state index contributed by atoms with van der Waals surface area (Å²) in [5.41, 5.74) is 3.75. The van der Waals surface area contributed by atoms with Crippen LogP contribution in [0.5, 0.6) is 11.5 Å². The van der Waals surface area contributed by atoms with Gasteiger partial charge in [0.15, 0.2) is 11.5 Å². The van der Waals surface area contributed by atoms with Gasteiger partial charge >= 0.3 is 0 Å². The van der Waals surface area contributed by atoms with Crippen molar-refractivity contribution in [2.45, 2.75) is 6.42 Å². The number of aromatic amines is 1. The zero-order chi connectivity index (χ0) is 22.1. The van der Waals surface area contributed by atoms with E-state index in [9.17, 15) is 0 Å². The summed E-state index contributed by atoms with van der Waals surface area (Å²) in [6.07, 6.45) is 4.25. The number of hydrogen-bond donors (Lipinski definition) is 2. The standard InChI is InChI=1S/C25H29N5O2/c1-29-7-9-30(10-8-29)6-3-11-32-24-14-21-19(13-23(24)31-2)25-20(16-27-21)18-5-4-17(15-26)12-22(18)28-25/h4-5,12-16,26,28H,3,6-11H2,1-2H3. The zero-order valence-electron chi connectivity index (χ0n) is 18.6. The molecule has 7 nitrogen and oxygen atoms in total. The minimum atomic E-state index is 0.648. The first kappa shape index (κ1) is 20.7. The van der Waals surface area contributed by atoms with E-state index in [1.807, 2.05) is 36.5 Å². The van der Waals surface area contributed by atoms with Crippen LogP contribution >= 0.6 is 0 Å². The quantitative estimate of drug-likeness (QED) is 0.343. The molecule has 166 valence electrons. The van der Waals surface area contributed by atoms with Crippen LogP contribution < -0.4 is 9.47 Å². The first-order valence-corrected chi connectivity index (χ1v) is 11.1. The van der Waals surface area contributed by atoms with Gasteiger partial charge < -0.3 is 29.7 Å². The number of rotatable bonds is 7. The Bertz CT molecular complexity index is 1270. The van der Waals surface area contributed by atoms with Crippen molar-refractivity contribution in [3.8, 4) is 11.5 Å². The number of likely N-dealkylation sites (N-methyl/N-ethyl adjacent to an activating group) is 1. The summed E-state index contributed by atoms with van der Waals surface area (Å²) in [6, 6.07) is 9.96. The molecule has 1 fully saturated rings. The molecule has 2 aromatic heterocycles. The molecule has 0 aliphatic carbocycles. The van der Waals surface area contributed by atoms with Crippen LogP contribution in [-0.4, -0.2) is 79.5 Å². The molecule has 0 amide bonds. The lowest BCUT2D eigenvalue weighted by atomic mass is 10.1. The minimum absolute atomic E-state index is 0.648. The van der Waals surface area contributed by atoms with Gasteiger partial charge in [0.2, 0.25) is 0 Å². The van der Waals surface area contributed by atoms with Crippen molar-refractivity contribution >= 4 is 38.9 Å². The lowest BCUT2D eigenvalue weighted by Gasteiger charge is -2.32. The molecule has 1 aliphatic rings. The summed E-state index contributed by atoms with van der Waals surface area (Å²) >= 11 is 0. The highest BCUT2D eigenvalue weighted by Crippen LogP contribution is 2.36. The van der Waals surface area contributed by atoms with Crippen molar-refractivity contribution in [1.29, 1.82) is 5.41 Å². The van der Waals surface area contributed by atoms with Gasteiger partial charge in [0.1, 0.15) is 0 Å². The van der Waals surface area contributed by atoms with Crippen LogP contribution in [0.4, 0.5) is 0 Å². The number of H-pyrrole nitrogens is 1. The number of pyridine rings is 1. The summed E-state index contributed by atoms with van der Waals surface area (Å²) in [5, 5.41) is 10.7. The molecule has 32 heavy (non-hydrogen) atoms. The van der Waals surface area contributed by atoms with Crippen molar-refractivity contribution in [3.63, 3.8) is 0 Å². The Morgan fingerprint density at radius 3 is 2.69 bits per heavy atom. The van der Waals surface area contributed by atoms with Crippen LogP contribution in [0, 0.1) is 5.41 Å². The SMILES string of the molecule is COc1cc2c(cc1OCCCN1CCN(C)CC1)ncc1c3ccc(C=N)cc3[nH]c21. The van der Waals surface area contributed by atoms with Crippen LogP contribution in [0.15, 0.2) is 36.5 Å². The van der Waals surface area contributed by atoms with E-state index in [1.54, 1.807) is 7.11 Å². The number of ether oxygens (including phenoxy) is 2. The van der Waals surface area contributed by atoms with Crippen LogP contribution in [0.1, 0.15) is 12.0 Å². The number of nitrogens with zero attached hydrogens (tertiary/aromatic N) is 3. The Hall–Kier alpha value is -3.16. The van der Waals surface area contributed by atoms with Crippen molar-refractivity contribution in [2.24, 2.45) is 0 Å². The number of piperazine rings is 1. The first-order valence-electron chi connectivity index (χ1n) is 11.1. The Morgan fingerprint density at radius 1 is 1.06 bits per heavy atom. The average molecular weight is 432 g/mol. The van der Waals surface area contributed by atoms with Gasteiger partial charge in [-0.15, -0.1) is 0 Å². The fourth-order valence-corrected chi connectivity index (χ4v) is 4.48. The first-order chi connectivity index (χ1) is 15.7. The second kappa shape index (κ2) is 8.76. The van der Waals surface area contributed by atoms with Gasteiger partial charge in [-0.05, 0) is 31.2 Å². The molecule has 0 radical (unpaired) electrons. The van der Waals surface area contributed by atoms with Crippen LogP contribution in [0.25, 0.3) is 32.7 Å². The summed E-state index contributed by atoms with van der Waals surface area (Å²) < 4.78 is 11.8. The predicted octanol–water partition coefficient (Wildman–Crippen LogP) is 3.89. The average Bonchev–Trinajstić information content (AvgIpc) is 3.20. The smallest absolute Gasteiger partial charge is 0.163 e. The molecule has 0 bridgehead atoms. The maximum Gasteiger partial charge on any atom is 0.163 e. The number of methoxy groups -OCH3 is 1. The number of nitrogens with one attached hydrogen (secondary N) is 2. The predicted molar refractivity (Wildman–Crippen MR) is 130 cm³/mol. The summed E-state index contributed by atoms with van der Waals surface area (Å²) in [5.74, 6) is 1.44. The molecular weight excluding hydrogens is 402 g/mol. The van der Waals surface area contributed by atoms with Crippen LogP contribution in [-0.2, 0) is 0 Å². The maximum absolute atomic E-state index is 7.51. The minimum Gasteiger partial charge on any atom is -0.493 e. The molecule has 3 heterocycles. The van der Waals surface area contributed by atoms with E-state index < -0.39 is 0 Å². The third kappa shape index (κ3) is 3.89. The van der Waals surface area contributed by atoms with E-state index in [-0.39, 0.29) is 0 Å². The molecule has 0 atom stereocenters. The highest BCUT2D eigenvalue weighted by molar-refractivity contribution is 6.16. The van der Waals surface area contributed by atoms with Crippen LogP contribution in [0.2, 0.25) is 0 Å².